The maximum Gasteiger partial charge on any atom is 0.256 e. The molecule has 98 valence electrons. The largest absolute Gasteiger partial charge is 0.337 e. The fraction of sp³-hybridized carbons (Fsp3) is 0.462. The first-order chi connectivity index (χ1) is 8.50. The Morgan fingerprint density at radius 3 is 2.83 bits per heavy atom. The number of likely N-dealkylation sites (tertiary alicyclic amines) is 1. The number of hydrogen-bond donors (Lipinski definition) is 0. The molecule has 5 heteroatoms. The molecule has 0 N–H and O–H groups in total. The third-order valence-electron chi connectivity index (χ3n) is 3.34. The third-order valence-corrected chi connectivity index (χ3v) is 3.90. The number of piperidine rings is 1. The Balaban J connectivity index is 2.19. The van der Waals surface area contributed by atoms with Gasteiger partial charge >= 0.3 is 0 Å². The van der Waals surface area contributed by atoms with Gasteiger partial charge in [-0.15, -0.1) is 11.6 Å². The predicted octanol–water partition coefficient (Wildman–Crippen LogP) is 3.05. The van der Waals surface area contributed by atoms with Gasteiger partial charge in [-0.25, -0.2) is 8.78 Å². The number of hydrogen-bond acceptors (Lipinski definition) is 1. The van der Waals surface area contributed by atoms with Crippen LogP contribution in [0, 0.1) is 17.6 Å². The molecule has 1 aromatic rings. The lowest BCUT2D eigenvalue weighted by Gasteiger charge is -2.34. The summed E-state index contributed by atoms with van der Waals surface area (Å²) < 4.78 is 26.6. The number of alkyl halides is 1. The summed E-state index contributed by atoms with van der Waals surface area (Å²) in [6.07, 6.45) is 0.775. The number of nitrogens with zero attached hydrogens (tertiary/aromatic N) is 1. The van der Waals surface area contributed by atoms with Crippen LogP contribution in [0.5, 0.6) is 0 Å². The first-order valence-electron chi connectivity index (χ1n) is 5.88. The molecule has 1 heterocycles. The zero-order valence-corrected chi connectivity index (χ0v) is 10.8. The smallest absolute Gasteiger partial charge is 0.256 e. The molecule has 1 saturated heterocycles. The van der Waals surface area contributed by atoms with E-state index in [4.69, 9.17) is 11.6 Å². The highest BCUT2D eigenvalue weighted by atomic mass is 35.5. The van der Waals surface area contributed by atoms with Gasteiger partial charge in [-0.2, -0.15) is 0 Å². The van der Waals surface area contributed by atoms with Crippen molar-refractivity contribution in [3.8, 4) is 0 Å². The maximum absolute atomic E-state index is 13.5. The Morgan fingerprint density at radius 1 is 1.44 bits per heavy atom. The molecule has 0 aromatic heterocycles. The minimum Gasteiger partial charge on any atom is -0.337 e. The zero-order chi connectivity index (χ0) is 13.3. The van der Waals surface area contributed by atoms with Crippen LogP contribution in [0.2, 0.25) is 0 Å². The van der Waals surface area contributed by atoms with E-state index >= 15 is 0 Å². The van der Waals surface area contributed by atoms with E-state index < -0.39 is 17.5 Å². The van der Waals surface area contributed by atoms with E-state index in [-0.39, 0.29) is 10.9 Å². The van der Waals surface area contributed by atoms with E-state index in [0.29, 0.717) is 19.0 Å². The van der Waals surface area contributed by atoms with Crippen LogP contribution in [0.4, 0.5) is 8.78 Å². The van der Waals surface area contributed by atoms with Crippen LogP contribution >= 0.6 is 11.6 Å². The summed E-state index contributed by atoms with van der Waals surface area (Å²) in [5.74, 6) is -2.27. The Morgan fingerprint density at radius 2 is 2.17 bits per heavy atom. The van der Waals surface area contributed by atoms with Gasteiger partial charge < -0.3 is 4.90 Å². The normalized spacial score (nSPS) is 24.1. The molecule has 2 atom stereocenters. The van der Waals surface area contributed by atoms with Crippen LogP contribution in [0.3, 0.4) is 0 Å². The predicted molar refractivity (Wildman–Crippen MR) is 65.7 cm³/mol. The molecule has 2 nitrogen and oxygen atoms in total. The van der Waals surface area contributed by atoms with Crippen molar-refractivity contribution in [2.75, 3.05) is 13.1 Å². The maximum atomic E-state index is 13.5. The topological polar surface area (TPSA) is 20.3 Å². The average molecular weight is 274 g/mol. The fourth-order valence-corrected chi connectivity index (χ4v) is 2.34. The lowest BCUT2D eigenvalue weighted by atomic mass is 9.98. The zero-order valence-electron chi connectivity index (χ0n) is 10.00. The van der Waals surface area contributed by atoms with Crippen LogP contribution in [0.15, 0.2) is 18.2 Å². The SMILES string of the molecule is CC1CCN(C(=O)c2cccc(F)c2F)CC1Cl. The quantitative estimate of drug-likeness (QED) is 0.720. The number of rotatable bonds is 1. The van der Waals surface area contributed by atoms with Crippen LogP contribution in [-0.4, -0.2) is 29.3 Å². The van der Waals surface area contributed by atoms with Gasteiger partial charge in [0, 0.05) is 13.1 Å². The van der Waals surface area contributed by atoms with Gasteiger partial charge in [0.05, 0.1) is 10.9 Å². The highest BCUT2D eigenvalue weighted by molar-refractivity contribution is 6.21. The van der Waals surface area contributed by atoms with Crippen molar-refractivity contribution in [1.29, 1.82) is 0 Å². The van der Waals surface area contributed by atoms with E-state index in [9.17, 15) is 13.6 Å². The minimum atomic E-state index is -1.09. The highest BCUT2D eigenvalue weighted by Gasteiger charge is 2.29. The van der Waals surface area contributed by atoms with Gasteiger partial charge in [-0.1, -0.05) is 13.0 Å². The van der Waals surface area contributed by atoms with Crippen LogP contribution in [0.1, 0.15) is 23.7 Å². The molecule has 2 rings (SSSR count). The Bertz CT molecular complexity index is 466. The lowest BCUT2D eigenvalue weighted by Crippen LogP contribution is -2.44. The van der Waals surface area contributed by atoms with Crippen molar-refractivity contribution in [3.63, 3.8) is 0 Å². The van der Waals surface area contributed by atoms with E-state index in [1.807, 2.05) is 6.92 Å². The monoisotopic (exact) mass is 273 g/mol. The molecule has 1 aliphatic rings. The fourth-order valence-electron chi connectivity index (χ4n) is 2.05. The third kappa shape index (κ3) is 2.48. The molecule has 0 spiro atoms. The van der Waals surface area contributed by atoms with Gasteiger partial charge in [0.25, 0.3) is 5.91 Å². The molecule has 1 aromatic carbocycles. The second kappa shape index (κ2) is 5.22. The van der Waals surface area contributed by atoms with Crippen molar-refractivity contribution in [2.24, 2.45) is 5.92 Å². The van der Waals surface area contributed by atoms with Crippen LogP contribution in [-0.2, 0) is 0 Å². The first-order valence-corrected chi connectivity index (χ1v) is 6.31. The number of amides is 1. The molecule has 1 amide bonds. The van der Waals surface area contributed by atoms with E-state index in [1.54, 1.807) is 0 Å². The number of carbonyl (C=O) groups excluding carboxylic acids is 1. The first kappa shape index (κ1) is 13.3. The van der Waals surface area contributed by atoms with Gasteiger partial charge in [-0.05, 0) is 24.5 Å². The van der Waals surface area contributed by atoms with Crippen molar-refractivity contribution in [3.05, 3.63) is 35.4 Å². The molecule has 18 heavy (non-hydrogen) atoms. The van der Waals surface area contributed by atoms with Crippen molar-refractivity contribution in [1.82, 2.24) is 4.90 Å². The van der Waals surface area contributed by atoms with E-state index in [0.717, 1.165) is 12.5 Å². The summed E-state index contributed by atoms with van der Waals surface area (Å²) in [5, 5.41) is -0.140. The number of carbonyl (C=O) groups is 1. The number of benzene rings is 1. The average Bonchev–Trinajstić information content (AvgIpc) is 2.35. The van der Waals surface area contributed by atoms with E-state index in [2.05, 4.69) is 0 Å². The minimum absolute atomic E-state index is 0.140. The summed E-state index contributed by atoms with van der Waals surface area (Å²) in [6, 6.07) is 3.62. The summed E-state index contributed by atoms with van der Waals surface area (Å²) in [7, 11) is 0. The second-order valence-electron chi connectivity index (χ2n) is 4.63. The van der Waals surface area contributed by atoms with Crippen LogP contribution in [0.25, 0.3) is 0 Å². The van der Waals surface area contributed by atoms with Crippen molar-refractivity contribution < 1.29 is 13.6 Å². The summed E-state index contributed by atoms with van der Waals surface area (Å²) >= 11 is 6.10. The van der Waals surface area contributed by atoms with Gasteiger partial charge in [-0.3, -0.25) is 4.79 Å². The van der Waals surface area contributed by atoms with Gasteiger partial charge in [0.2, 0.25) is 0 Å². The molecular weight excluding hydrogens is 260 g/mol. The van der Waals surface area contributed by atoms with Gasteiger partial charge in [0.1, 0.15) is 0 Å². The Labute approximate surface area is 110 Å². The molecule has 1 aliphatic heterocycles. The second-order valence-corrected chi connectivity index (χ2v) is 5.20. The number of halogens is 3. The summed E-state index contributed by atoms with van der Waals surface area (Å²) in [6.45, 7) is 2.92. The van der Waals surface area contributed by atoms with E-state index in [1.165, 1.54) is 17.0 Å². The molecule has 1 fully saturated rings. The standard InChI is InChI=1S/C13H14ClF2NO/c1-8-5-6-17(7-10(8)14)13(18)9-3-2-4-11(15)12(9)16/h2-4,8,10H,5-7H2,1H3. The van der Waals surface area contributed by atoms with Crippen LogP contribution < -0.4 is 0 Å². The summed E-state index contributed by atoms with van der Waals surface area (Å²) in [4.78, 5) is 13.6. The van der Waals surface area contributed by atoms with Crippen molar-refractivity contribution in [2.45, 2.75) is 18.7 Å². The summed E-state index contributed by atoms with van der Waals surface area (Å²) in [5.41, 5.74) is -0.228. The van der Waals surface area contributed by atoms with Gasteiger partial charge in [0.15, 0.2) is 11.6 Å². The highest BCUT2D eigenvalue weighted by Crippen LogP contribution is 2.24. The molecule has 0 aliphatic carbocycles. The van der Waals surface area contributed by atoms with Crippen molar-refractivity contribution >= 4 is 17.5 Å². The Kier molecular flexibility index (Phi) is 3.85. The molecule has 2 unspecified atom stereocenters. The molecular formula is C13H14ClF2NO. The molecule has 0 bridgehead atoms. The lowest BCUT2D eigenvalue weighted by molar-refractivity contribution is 0.0695. The molecule has 0 saturated carbocycles. The Hall–Kier alpha value is -1.16. The molecule has 0 radical (unpaired) electrons.